The molecule has 0 spiro atoms. The maximum Gasteiger partial charge on any atom is 0.224 e. The summed E-state index contributed by atoms with van der Waals surface area (Å²) in [4.78, 5) is 13.7. The lowest BCUT2D eigenvalue weighted by atomic mass is 10.0. The first kappa shape index (κ1) is 16.9. The second-order valence-electron chi connectivity index (χ2n) is 6.48. The molecular weight excluding hydrogens is 352 g/mol. The maximum atomic E-state index is 13.9. The summed E-state index contributed by atoms with van der Waals surface area (Å²) in [6.07, 6.45) is 0.646. The van der Waals surface area contributed by atoms with E-state index in [-0.39, 0.29) is 35.4 Å². The Kier molecular flexibility index (Phi) is 4.55. The zero-order valence-electron chi connectivity index (χ0n) is 13.9. The van der Waals surface area contributed by atoms with E-state index in [9.17, 15) is 13.6 Å². The lowest BCUT2D eigenvalue weighted by molar-refractivity contribution is -0.122. The number of carbonyl (C=O) groups excluding carboxylic acids is 1. The summed E-state index contributed by atoms with van der Waals surface area (Å²) in [5, 5.41) is 5.00. The number of benzene rings is 2. The molecule has 3 aromatic rings. The van der Waals surface area contributed by atoms with Crippen LogP contribution in [0.4, 0.5) is 8.78 Å². The van der Waals surface area contributed by atoms with Gasteiger partial charge in [-0.1, -0.05) is 36.4 Å². The highest BCUT2D eigenvalue weighted by molar-refractivity contribution is 7.10. The lowest BCUT2D eigenvalue weighted by Crippen LogP contribution is -2.30. The van der Waals surface area contributed by atoms with Gasteiger partial charge in [0.1, 0.15) is 11.6 Å². The number of rotatable bonds is 5. The molecule has 0 bridgehead atoms. The molecule has 1 heterocycles. The molecule has 1 aliphatic carbocycles. The Balaban J connectivity index is 1.53. The molecule has 1 fully saturated rings. The van der Waals surface area contributed by atoms with E-state index < -0.39 is 0 Å². The largest absolute Gasteiger partial charge is 0.344 e. The second kappa shape index (κ2) is 7.00. The minimum absolute atomic E-state index is 0.0756. The summed E-state index contributed by atoms with van der Waals surface area (Å²) in [7, 11) is 0. The first-order valence-electron chi connectivity index (χ1n) is 8.47. The third-order valence-corrected chi connectivity index (χ3v) is 5.69. The zero-order valence-corrected chi connectivity index (χ0v) is 14.7. The summed E-state index contributed by atoms with van der Waals surface area (Å²) in [6.45, 7) is 0. The van der Waals surface area contributed by atoms with Crippen LogP contribution in [0.2, 0.25) is 0 Å². The zero-order chi connectivity index (χ0) is 18.1. The Hall–Kier alpha value is -2.53. The molecule has 0 aliphatic heterocycles. The second-order valence-corrected chi connectivity index (χ2v) is 7.46. The predicted octanol–water partition coefficient (Wildman–Crippen LogP) is 5.04. The molecule has 3 unspecified atom stereocenters. The van der Waals surface area contributed by atoms with Crippen LogP contribution in [0.3, 0.4) is 0 Å². The van der Waals surface area contributed by atoms with Crippen molar-refractivity contribution in [2.24, 2.45) is 5.92 Å². The smallest absolute Gasteiger partial charge is 0.224 e. The van der Waals surface area contributed by atoms with E-state index in [1.54, 1.807) is 30.3 Å². The Bertz CT molecular complexity index is 908. The van der Waals surface area contributed by atoms with Gasteiger partial charge in [0.25, 0.3) is 0 Å². The number of halogens is 2. The van der Waals surface area contributed by atoms with Crippen LogP contribution in [-0.2, 0) is 4.79 Å². The van der Waals surface area contributed by atoms with Crippen LogP contribution in [0.25, 0.3) is 0 Å². The van der Waals surface area contributed by atoms with E-state index in [4.69, 9.17) is 0 Å². The van der Waals surface area contributed by atoms with Gasteiger partial charge >= 0.3 is 0 Å². The molecule has 0 radical (unpaired) electrons. The summed E-state index contributed by atoms with van der Waals surface area (Å²) >= 11 is 1.54. The Labute approximate surface area is 154 Å². The Morgan fingerprint density at radius 1 is 1.04 bits per heavy atom. The number of nitrogens with one attached hydrogen (secondary N) is 1. The van der Waals surface area contributed by atoms with Gasteiger partial charge in [-0.25, -0.2) is 8.78 Å². The minimum Gasteiger partial charge on any atom is -0.344 e. The molecule has 26 heavy (non-hydrogen) atoms. The first-order chi connectivity index (χ1) is 12.6. The fourth-order valence-electron chi connectivity index (χ4n) is 3.28. The molecule has 1 saturated carbocycles. The van der Waals surface area contributed by atoms with Crippen LogP contribution in [-0.4, -0.2) is 5.91 Å². The van der Waals surface area contributed by atoms with Crippen molar-refractivity contribution in [3.63, 3.8) is 0 Å². The van der Waals surface area contributed by atoms with Gasteiger partial charge in [0.2, 0.25) is 5.91 Å². The molecule has 0 saturated heterocycles. The monoisotopic (exact) mass is 369 g/mol. The average Bonchev–Trinajstić information content (AvgIpc) is 3.25. The average molecular weight is 369 g/mol. The topological polar surface area (TPSA) is 29.1 Å². The summed E-state index contributed by atoms with van der Waals surface area (Å²) in [5.41, 5.74) is 1.42. The normalized spacial score (nSPS) is 19.8. The van der Waals surface area contributed by atoms with Crippen LogP contribution < -0.4 is 5.32 Å². The van der Waals surface area contributed by atoms with Crippen molar-refractivity contribution in [3.8, 4) is 0 Å². The van der Waals surface area contributed by atoms with Crippen molar-refractivity contribution in [1.29, 1.82) is 0 Å². The van der Waals surface area contributed by atoms with Gasteiger partial charge in [-0.15, -0.1) is 11.3 Å². The highest BCUT2D eigenvalue weighted by atomic mass is 32.1. The van der Waals surface area contributed by atoms with Gasteiger partial charge in [-0.05, 0) is 53.1 Å². The molecular formula is C21H17F2NOS. The number of carbonyl (C=O) groups is 1. The summed E-state index contributed by atoms with van der Waals surface area (Å²) in [6, 6.07) is 16.3. The van der Waals surface area contributed by atoms with Crippen LogP contribution in [0, 0.1) is 17.6 Å². The number of thiophene rings is 1. The van der Waals surface area contributed by atoms with Crippen LogP contribution >= 0.6 is 11.3 Å². The highest BCUT2D eigenvalue weighted by Gasteiger charge is 2.45. The highest BCUT2D eigenvalue weighted by Crippen LogP contribution is 2.48. The van der Waals surface area contributed by atoms with Crippen molar-refractivity contribution in [1.82, 2.24) is 5.32 Å². The van der Waals surface area contributed by atoms with Crippen LogP contribution in [0.1, 0.15) is 34.4 Å². The molecule has 1 aliphatic rings. The van der Waals surface area contributed by atoms with Crippen molar-refractivity contribution in [2.45, 2.75) is 18.4 Å². The van der Waals surface area contributed by atoms with Crippen molar-refractivity contribution >= 4 is 17.2 Å². The number of amides is 1. The van der Waals surface area contributed by atoms with Crippen LogP contribution in [0.15, 0.2) is 66.0 Å². The van der Waals surface area contributed by atoms with Gasteiger partial charge in [0, 0.05) is 10.8 Å². The van der Waals surface area contributed by atoms with Gasteiger partial charge in [0.05, 0.1) is 6.04 Å². The van der Waals surface area contributed by atoms with Gasteiger partial charge in [-0.2, -0.15) is 0 Å². The fraction of sp³-hybridized carbons (Fsp3) is 0.190. The number of hydrogen-bond acceptors (Lipinski definition) is 2. The lowest BCUT2D eigenvalue weighted by Gasteiger charge is -2.18. The SMILES string of the molecule is O=C(NC(c1ccc(F)cc1)c1cccs1)C1CC1c1ccccc1F. The van der Waals surface area contributed by atoms with E-state index in [2.05, 4.69) is 5.32 Å². The first-order valence-corrected chi connectivity index (χ1v) is 9.35. The van der Waals surface area contributed by atoms with Crippen molar-refractivity contribution in [2.75, 3.05) is 0 Å². The molecule has 3 atom stereocenters. The minimum atomic E-state index is -0.329. The van der Waals surface area contributed by atoms with Crippen LogP contribution in [0.5, 0.6) is 0 Å². The molecule has 2 nitrogen and oxygen atoms in total. The van der Waals surface area contributed by atoms with Crippen molar-refractivity contribution < 1.29 is 13.6 Å². The van der Waals surface area contributed by atoms with Gasteiger partial charge in [0.15, 0.2) is 0 Å². The quantitative estimate of drug-likeness (QED) is 0.671. The number of hydrogen-bond donors (Lipinski definition) is 1. The van der Waals surface area contributed by atoms with Crippen molar-refractivity contribution in [3.05, 3.63) is 93.7 Å². The van der Waals surface area contributed by atoms with Gasteiger partial charge < -0.3 is 5.32 Å². The summed E-state index contributed by atoms with van der Waals surface area (Å²) in [5.74, 6) is -0.975. The van der Waals surface area contributed by atoms with E-state index in [0.29, 0.717) is 12.0 Å². The predicted molar refractivity (Wildman–Crippen MR) is 98.0 cm³/mol. The van der Waals surface area contributed by atoms with E-state index in [1.165, 1.54) is 29.5 Å². The maximum absolute atomic E-state index is 13.9. The molecule has 1 amide bonds. The molecule has 1 N–H and O–H groups in total. The molecule has 1 aromatic heterocycles. The van der Waals surface area contributed by atoms with E-state index >= 15 is 0 Å². The third-order valence-electron chi connectivity index (χ3n) is 4.75. The standard InChI is InChI=1S/C21H17F2NOS/c22-14-9-7-13(8-10-14)20(19-6-3-11-26-19)24-21(25)17-12-16(17)15-4-1-2-5-18(15)23/h1-11,16-17,20H,12H2,(H,24,25). The molecule has 5 heteroatoms. The van der Waals surface area contributed by atoms with Gasteiger partial charge in [-0.3, -0.25) is 4.79 Å². The summed E-state index contributed by atoms with van der Waals surface area (Å²) < 4.78 is 27.2. The van der Waals surface area contributed by atoms with E-state index in [1.807, 2.05) is 17.5 Å². The Morgan fingerprint density at radius 3 is 2.50 bits per heavy atom. The molecule has 132 valence electrons. The van der Waals surface area contributed by atoms with E-state index in [0.717, 1.165) is 10.4 Å². The fourth-order valence-corrected chi connectivity index (χ4v) is 4.09. The third kappa shape index (κ3) is 3.40. The molecule has 4 rings (SSSR count). The molecule has 2 aromatic carbocycles. The Morgan fingerprint density at radius 2 is 1.81 bits per heavy atom.